The Kier molecular flexibility index (Phi) is 6.41. The predicted octanol–water partition coefficient (Wildman–Crippen LogP) is 6.31. The summed E-state index contributed by atoms with van der Waals surface area (Å²) in [5, 5.41) is 4.50. The van der Waals surface area contributed by atoms with Crippen LogP contribution in [0.2, 0.25) is 10.0 Å². The first-order valence-electron chi connectivity index (χ1n) is 9.59. The fraction of sp³-hybridized carbons (Fsp3) is 0.217. The van der Waals surface area contributed by atoms with Crippen LogP contribution in [0.1, 0.15) is 18.1 Å². The van der Waals surface area contributed by atoms with E-state index in [0.29, 0.717) is 41.3 Å². The molecule has 0 amide bonds. The Morgan fingerprint density at radius 3 is 2.60 bits per heavy atom. The number of nitrogens with one attached hydrogen (secondary N) is 1. The van der Waals surface area contributed by atoms with E-state index in [2.05, 4.69) is 5.32 Å². The molecule has 0 fully saturated rings. The van der Waals surface area contributed by atoms with Gasteiger partial charge in [-0.2, -0.15) is 0 Å². The molecule has 156 valence electrons. The molecule has 1 heterocycles. The lowest BCUT2D eigenvalue weighted by Crippen LogP contribution is -2.04. The molecular weight excluding hydrogens is 425 g/mol. The highest BCUT2D eigenvalue weighted by atomic mass is 35.5. The SMILES string of the molecule is CCOc1cc(CNc2ccc3c(c2)OCO3)cc(Cl)c1OCc1ccccc1Cl. The van der Waals surface area contributed by atoms with Crippen molar-refractivity contribution in [2.75, 3.05) is 18.7 Å². The maximum Gasteiger partial charge on any atom is 0.231 e. The zero-order valence-corrected chi connectivity index (χ0v) is 17.9. The summed E-state index contributed by atoms with van der Waals surface area (Å²) in [6, 6.07) is 17.1. The largest absolute Gasteiger partial charge is 0.490 e. The number of rotatable bonds is 8. The quantitative estimate of drug-likeness (QED) is 0.439. The van der Waals surface area contributed by atoms with E-state index >= 15 is 0 Å². The fourth-order valence-electron chi connectivity index (χ4n) is 3.10. The number of ether oxygens (including phenoxy) is 4. The molecule has 30 heavy (non-hydrogen) atoms. The third kappa shape index (κ3) is 4.69. The van der Waals surface area contributed by atoms with E-state index in [1.54, 1.807) is 0 Å². The van der Waals surface area contributed by atoms with Crippen molar-refractivity contribution in [1.29, 1.82) is 0 Å². The van der Waals surface area contributed by atoms with Crippen molar-refractivity contribution in [2.24, 2.45) is 0 Å². The maximum atomic E-state index is 6.53. The Morgan fingerprint density at radius 2 is 1.77 bits per heavy atom. The lowest BCUT2D eigenvalue weighted by atomic mass is 10.2. The highest BCUT2D eigenvalue weighted by molar-refractivity contribution is 6.32. The van der Waals surface area contributed by atoms with Crippen LogP contribution in [0.3, 0.4) is 0 Å². The number of benzene rings is 3. The zero-order chi connectivity index (χ0) is 20.9. The Balaban J connectivity index is 1.48. The van der Waals surface area contributed by atoms with Crippen LogP contribution in [0.25, 0.3) is 0 Å². The van der Waals surface area contributed by atoms with Crippen LogP contribution < -0.4 is 24.3 Å². The number of hydrogen-bond acceptors (Lipinski definition) is 5. The Hall–Kier alpha value is -2.76. The van der Waals surface area contributed by atoms with E-state index < -0.39 is 0 Å². The molecule has 3 aromatic carbocycles. The van der Waals surface area contributed by atoms with Gasteiger partial charge >= 0.3 is 0 Å². The summed E-state index contributed by atoms with van der Waals surface area (Å²) in [6.07, 6.45) is 0. The molecule has 0 spiro atoms. The smallest absolute Gasteiger partial charge is 0.231 e. The highest BCUT2D eigenvalue weighted by Crippen LogP contribution is 2.38. The minimum absolute atomic E-state index is 0.252. The van der Waals surface area contributed by atoms with Gasteiger partial charge in [0.1, 0.15) is 6.61 Å². The van der Waals surface area contributed by atoms with Crippen molar-refractivity contribution in [3.63, 3.8) is 0 Å². The summed E-state index contributed by atoms with van der Waals surface area (Å²) in [7, 11) is 0. The molecule has 4 rings (SSSR count). The summed E-state index contributed by atoms with van der Waals surface area (Å²) in [5.41, 5.74) is 2.77. The second-order valence-corrected chi connectivity index (χ2v) is 7.45. The van der Waals surface area contributed by atoms with Crippen LogP contribution in [0, 0.1) is 0 Å². The topological polar surface area (TPSA) is 49.0 Å². The second-order valence-electron chi connectivity index (χ2n) is 6.64. The third-order valence-electron chi connectivity index (χ3n) is 4.57. The minimum atomic E-state index is 0.252. The second kappa shape index (κ2) is 9.37. The van der Waals surface area contributed by atoms with Gasteiger partial charge in [-0.3, -0.25) is 0 Å². The number of fused-ring (bicyclic) bond motifs is 1. The van der Waals surface area contributed by atoms with Crippen molar-refractivity contribution >= 4 is 28.9 Å². The molecule has 3 aromatic rings. The van der Waals surface area contributed by atoms with Crippen LogP contribution in [0.15, 0.2) is 54.6 Å². The highest BCUT2D eigenvalue weighted by Gasteiger charge is 2.15. The molecule has 0 unspecified atom stereocenters. The molecule has 5 nitrogen and oxygen atoms in total. The van der Waals surface area contributed by atoms with E-state index in [4.69, 9.17) is 42.1 Å². The van der Waals surface area contributed by atoms with E-state index in [1.807, 2.05) is 61.5 Å². The summed E-state index contributed by atoms with van der Waals surface area (Å²) < 4.78 is 22.5. The van der Waals surface area contributed by atoms with Gasteiger partial charge in [-0.25, -0.2) is 0 Å². The minimum Gasteiger partial charge on any atom is -0.490 e. The van der Waals surface area contributed by atoms with Gasteiger partial charge in [-0.15, -0.1) is 0 Å². The maximum absolute atomic E-state index is 6.53. The van der Waals surface area contributed by atoms with Gasteiger partial charge in [0.25, 0.3) is 0 Å². The van der Waals surface area contributed by atoms with Crippen molar-refractivity contribution in [3.8, 4) is 23.0 Å². The Morgan fingerprint density at radius 1 is 0.933 bits per heavy atom. The number of anilines is 1. The van der Waals surface area contributed by atoms with Gasteiger partial charge in [0, 0.05) is 28.9 Å². The van der Waals surface area contributed by atoms with Crippen LogP contribution in [-0.4, -0.2) is 13.4 Å². The Bertz CT molecular complexity index is 1040. The number of hydrogen-bond donors (Lipinski definition) is 1. The van der Waals surface area contributed by atoms with Gasteiger partial charge in [-0.05, 0) is 42.8 Å². The zero-order valence-electron chi connectivity index (χ0n) is 16.4. The fourth-order valence-corrected chi connectivity index (χ4v) is 3.58. The van der Waals surface area contributed by atoms with Crippen LogP contribution in [0.4, 0.5) is 5.69 Å². The lowest BCUT2D eigenvalue weighted by molar-refractivity contribution is 0.174. The average molecular weight is 446 g/mol. The predicted molar refractivity (Wildman–Crippen MR) is 118 cm³/mol. The molecule has 0 saturated heterocycles. The molecule has 0 aromatic heterocycles. The van der Waals surface area contributed by atoms with Gasteiger partial charge in [0.2, 0.25) is 6.79 Å². The molecule has 0 aliphatic carbocycles. The van der Waals surface area contributed by atoms with Gasteiger partial charge in [-0.1, -0.05) is 41.4 Å². The van der Waals surface area contributed by atoms with Crippen molar-refractivity contribution < 1.29 is 18.9 Å². The van der Waals surface area contributed by atoms with Gasteiger partial charge in [0.05, 0.1) is 11.6 Å². The Labute approximate surface area is 185 Å². The lowest BCUT2D eigenvalue weighted by Gasteiger charge is -2.16. The summed E-state index contributed by atoms with van der Waals surface area (Å²) >= 11 is 12.8. The molecule has 7 heteroatoms. The molecule has 0 atom stereocenters. The summed E-state index contributed by atoms with van der Waals surface area (Å²) in [6.45, 7) is 3.53. The number of halogens is 2. The van der Waals surface area contributed by atoms with Crippen molar-refractivity contribution in [2.45, 2.75) is 20.1 Å². The standard InChI is InChI=1S/C23H21Cl2NO4/c1-2-27-22-10-15(12-26-17-7-8-20-21(11-17)30-14-29-20)9-19(25)23(22)28-13-16-5-3-4-6-18(16)24/h3-11,26H,2,12-14H2,1H3. The normalized spacial score (nSPS) is 12.0. The van der Waals surface area contributed by atoms with Crippen LogP contribution in [0.5, 0.6) is 23.0 Å². The van der Waals surface area contributed by atoms with E-state index in [9.17, 15) is 0 Å². The van der Waals surface area contributed by atoms with E-state index in [1.165, 1.54) is 0 Å². The van der Waals surface area contributed by atoms with Crippen molar-refractivity contribution in [1.82, 2.24) is 0 Å². The monoisotopic (exact) mass is 445 g/mol. The van der Waals surface area contributed by atoms with Gasteiger partial charge in [0.15, 0.2) is 23.0 Å². The van der Waals surface area contributed by atoms with Crippen LogP contribution in [-0.2, 0) is 13.2 Å². The van der Waals surface area contributed by atoms with E-state index in [0.717, 1.165) is 28.3 Å². The molecule has 0 radical (unpaired) electrons. The molecule has 0 saturated carbocycles. The first-order valence-corrected chi connectivity index (χ1v) is 10.3. The summed E-state index contributed by atoms with van der Waals surface area (Å²) in [5.74, 6) is 2.59. The molecule has 0 bridgehead atoms. The van der Waals surface area contributed by atoms with Crippen LogP contribution >= 0.6 is 23.2 Å². The van der Waals surface area contributed by atoms with Crippen molar-refractivity contribution in [3.05, 3.63) is 75.8 Å². The van der Waals surface area contributed by atoms with Gasteiger partial charge < -0.3 is 24.3 Å². The average Bonchev–Trinajstić information content (AvgIpc) is 3.21. The van der Waals surface area contributed by atoms with E-state index in [-0.39, 0.29) is 6.79 Å². The first kappa shape index (κ1) is 20.5. The summed E-state index contributed by atoms with van der Waals surface area (Å²) in [4.78, 5) is 0. The first-order chi connectivity index (χ1) is 14.6. The third-order valence-corrected chi connectivity index (χ3v) is 5.22. The molecule has 1 aliphatic heterocycles. The molecule has 1 aliphatic rings. The molecule has 1 N–H and O–H groups in total. The molecular formula is C23H21Cl2NO4.